The molecule has 1 aromatic carbocycles. The van der Waals surface area contributed by atoms with E-state index in [1.807, 2.05) is 41.9 Å². The van der Waals surface area contributed by atoms with Crippen LogP contribution in [0.2, 0.25) is 10.3 Å². The van der Waals surface area contributed by atoms with E-state index in [9.17, 15) is 0 Å². The minimum absolute atomic E-state index is 0.245. The van der Waals surface area contributed by atoms with E-state index in [0.717, 1.165) is 22.3 Å². The second kappa shape index (κ2) is 4.26. The maximum Gasteiger partial charge on any atom is 0.224 e. The van der Waals surface area contributed by atoms with Crippen molar-refractivity contribution >= 4 is 34.2 Å². The number of hydrogen-bond acceptors (Lipinski definition) is 2. The number of nitrogens with zero attached hydrogens (tertiary/aromatic N) is 3. The highest BCUT2D eigenvalue weighted by Crippen LogP contribution is 2.31. The summed E-state index contributed by atoms with van der Waals surface area (Å²) >= 11 is 12.0. The summed E-state index contributed by atoms with van der Waals surface area (Å²) in [4.78, 5) is 8.21. The van der Waals surface area contributed by atoms with Crippen molar-refractivity contribution in [3.05, 3.63) is 46.8 Å². The molecule has 0 atom stereocenters. The van der Waals surface area contributed by atoms with E-state index in [0.29, 0.717) is 5.02 Å². The summed E-state index contributed by atoms with van der Waals surface area (Å²) in [6, 6.07) is 9.72. The normalized spacial score (nSPS) is 11.1. The first-order chi connectivity index (χ1) is 8.66. The Labute approximate surface area is 114 Å². The lowest BCUT2D eigenvalue weighted by Gasteiger charge is -2.05. The van der Waals surface area contributed by atoms with E-state index in [1.165, 1.54) is 0 Å². The number of benzene rings is 1. The number of aromatic nitrogens is 3. The summed E-state index contributed by atoms with van der Waals surface area (Å²) in [6.45, 7) is 0. The summed E-state index contributed by atoms with van der Waals surface area (Å²) in [6.07, 6.45) is 1.71. The quantitative estimate of drug-likeness (QED) is 0.631. The molecule has 18 heavy (non-hydrogen) atoms. The molecule has 0 aliphatic carbocycles. The van der Waals surface area contributed by atoms with Crippen molar-refractivity contribution in [1.29, 1.82) is 0 Å². The smallest absolute Gasteiger partial charge is 0.224 e. The van der Waals surface area contributed by atoms with Gasteiger partial charge in [0.15, 0.2) is 0 Å². The molecule has 0 N–H and O–H groups in total. The van der Waals surface area contributed by atoms with Crippen molar-refractivity contribution < 1.29 is 0 Å². The predicted octanol–water partition coefficient (Wildman–Crippen LogP) is 3.94. The van der Waals surface area contributed by atoms with Crippen LogP contribution >= 0.6 is 23.2 Å². The Bertz CT molecular complexity index is 734. The van der Waals surface area contributed by atoms with Crippen LogP contribution < -0.4 is 0 Å². The third kappa shape index (κ3) is 1.76. The van der Waals surface area contributed by atoms with E-state index < -0.39 is 0 Å². The predicted molar refractivity (Wildman–Crippen MR) is 74.0 cm³/mol. The molecule has 2 heterocycles. The second-order valence-electron chi connectivity index (χ2n) is 3.99. The maximum atomic E-state index is 6.21. The average Bonchev–Trinajstić information content (AvgIpc) is 2.68. The molecule has 0 radical (unpaired) electrons. The summed E-state index contributed by atoms with van der Waals surface area (Å²) in [5.41, 5.74) is 2.76. The number of aryl methyl sites for hydroxylation is 1. The summed E-state index contributed by atoms with van der Waals surface area (Å²) in [7, 11) is 1.93. The van der Waals surface area contributed by atoms with Gasteiger partial charge in [-0.1, -0.05) is 29.8 Å². The molecule has 0 spiro atoms. The summed E-state index contributed by atoms with van der Waals surface area (Å²) in [5.74, 6) is 0. The van der Waals surface area contributed by atoms with Crippen LogP contribution in [0.5, 0.6) is 0 Å². The van der Waals surface area contributed by atoms with Crippen molar-refractivity contribution in [3.63, 3.8) is 0 Å². The van der Waals surface area contributed by atoms with E-state index in [2.05, 4.69) is 9.97 Å². The van der Waals surface area contributed by atoms with Gasteiger partial charge in [0.1, 0.15) is 5.65 Å². The zero-order valence-electron chi connectivity index (χ0n) is 9.56. The lowest BCUT2D eigenvalue weighted by molar-refractivity contribution is 0.952. The van der Waals surface area contributed by atoms with Crippen LogP contribution in [0.1, 0.15) is 0 Å². The first kappa shape index (κ1) is 11.5. The third-order valence-electron chi connectivity index (χ3n) is 2.89. The van der Waals surface area contributed by atoms with Gasteiger partial charge in [0.25, 0.3) is 0 Å². The molecule has 2 aromatic heterocycles. The van der Waals surface area contributed by atoms with Crippen molar-refractivity contribution in [1.82, 2.24) is 14.5 Å². The minimum atomic E-state index is 0.245. The SMILES string of the molecule is Cn1c(-c2ccccc2Cl)cc2cnc(Cl)nc21. The largest absolute Gasteiger partial charge is 0.328 e. The fraction of sp³-hybridized carbons (Fsp3) is 0.0769. The molecule has 0 aliphatic heterocycles. The molecule has 0 bridgehead atoms. The Hall–Kier alpha value is -1.58. The minimum Gasteiger partial charge on any atom is -0.328 e. The van der Waals surface area contributed by atoms with Crippen LogP contribution in [0.25, 0.3) is 22.3 Å². The van der Waals surface area contributed by atoms with Gasteiger partial charge in [-0.25, -0.2) is 4.98 Å². The molecular weight excluding hydrogens is 269 g/mol. The van der Waals surface area contributed by atoms with Gasteiger partial charge >= 0.3 is 0 Å². The van der Waals surface area contributed by atoms with Crippen LogP contribution in [0.3, 0.4) is 0 Å². The lowest BCUT2D eigenvalue weighted by Crippen LogP contribution is -1.94. The number of hydrogen-bond donors (Lipinski definition) is 0. The zero-order chi connectivity index (χ0) is 12.7. The van der Waals surface area contributed by atoms with Gasteiger partial charge in [-0.15, -0.1) is 0 Å². The Morgan fingerprint density at radius 3 is 2.72 bits per heavy atom. The van der Waals surface area contributed by atoms with E-state index in [1.54, 1.807) is 6.20 Å². The van der Waals surface area contributed by atoms with Crippen LogP contribution in [0.15, 0.2) is 36.5 Å². The molecule has 0 unspecified atom stereocenters. The highest BCUT2D eigenvalue weighted by Gasteiger charge is 2.11. The monoisotopic (exact) mass is 277 g/mol. The summed E-state index contributed by atoms with van der Waals surface area (Å²) < 4.78 is 1.96. The van der Waals surface area contributed by atoms with Gasteiger partial charge < -0.3 is 4.57 Å². The van der Waals surface area contributed by atoms with Gasteiger partial charge in [0.2, 0.25) is 5.28 Å². The van der Waals surface area contributed by atoms with Crippen molar-refractivity contribution in [3.8, 4) is 11.3 Å². The molecule has 0 amide bonds. The first-order valence-corrected chi connectivity index (χ1v) is 6.15. The van der Waals surface area contributed by atoms with Crippen LogP contribution in [0.4, 0.5) is 0 Å². The van der Waals surface area contributed by atoms with Crippen LogP contribution in [-0.4, -0.2) is 14.5 Å². The molecular formula is C13H9Cl2N3. The lowest BCUT2D eigenvalue weighted by atomic mass is 10.1. The maximum absolute atomic E-state index is 6.21. The molecule has 0 saturated heterocycles. The highest BCUT2D eigenvalue weighted by molar-refractivity contribution is 6.33. The Morgan fingerprint density at radius 1 is 1.17 bits per heavy atom. The molecule has 3 rings (SSSR count). The van der Waals surface area contributed by atoms with Crippen molar-refractivity contribution in [2.75, 3.05) is 0 Å². The van der Waals surface area contributed by atoms with Crippen LogP contribution in [0, 0.1) is 0 Å². The average molecular weight is 278 g/mol. The molecule has 0 fully saturated rings. The van der Waals surface area contributed by atoms with Gasteiger partial charge in [-0.05, 0) is 23.7 Å². The molecule has 0 aliphatic rings. The fourth-order valence-electron chi connectivity index (χ4n) is 2.02. The van der Waals surface area contributed by atoms with Gasteiger partial charge in [-0.2, -0.15) is 4.98 Å². The molecule has 0 saturated carbocycles. The second-order valence-corrected chi connectivity index (χ2v) is 4.73. The molecule has 5 heteroatoms. The number of halogens is 2. The van der Waals surface area contributed by atoms with Gasteiger partial charge in [-0.3, -0.25) is 0 Å². The number of rotatable bonds is 1. The van der Waals surface area contributed by atoms with E-state index in [-0.39, 0.29) is 5.28 Å². The van der Waals surface area contributed by atoms with Gasteiger partial charge in [0, 0.05) is 29.2 Å². The van der Waals surface area contributed by atoms with E-state index >= 15 is 0 Å². The topological polar surface area (TPSA) is 30.7 Å². The molecule has 90 valence electrons. The third-order valence-corrected chi connectivity index (χ3v) is 3.40. The van der Waals surface area contributed by atoms with Crippen molar-refractivity contribution in [2.45, 2.75) is 0 Å². The Balaban J connectivity index is 2.31. The molecule has 3 aromatic rings. The fourth-order valence-corrected chi connectivity index (χ4v) is 2.38. The Morgan fingerprint density at radius 2 is 1.94 bits per heavy atom. The Kier molecular flexibility index (Phi) is 2.73. The van der Waals surface area contributed by atoms with Gasteiger partial charge in [0.05, 0.1) is 5.69 Å². The first-order valence-electron chi connectivity index (χ1n) is 5.39. The molecule has 3 nitrogen and oxygen atoms in total. The van der Waals surface area contributed by atoms with Crippen molar-refractivity contribution in [2.24, 2.45) is 7.05 Å². The highest BCUT2D eigenvalue weighted by atomic mass is 35.5. The van der Waals surface area contributed by atoms with Crippen LogP contribution in [-0.2, 0) is 7.05 Å². The number of fused-ring (bicyclic) bond motifs is 1. The zero-order valence-corrected chi connectivity index (χ0v) is 11.1. The summed E-state index contributed by atoms with van der Waals surface area (Å²) in [5, 5.41) is 1.90. The van der Waals surface area contributed by atoms with E-state index in [4.69, 9.17) is 23.2 Å². The standard InChI is InChI=1S/C13H9Cl2N3/c1-18-11(9-4-2-3-5-10(9)14)6-8-7-16-13(15)17-12(8)18/h2-7H,1H3.